The molecule has 0 saturated heterocycles. The van der Waals surface area contributed by atoms with Gasteiger partial charge in [0.25, 0.3) is 0 Å². The quantitative estimate of drug-likeness (QED) is 0.725. The van der Waals surface area contributed by atoms with Gasteiger partial charge in [-0.3, -0.25) is 9.59 Å². The minimum atomic E-state index is -0.206. The van der Waals surface area contributed by atoms with E-state index in [4.69, 9.17) is 0 Å². The predicted molar refractivity (Wildman–Crippen MR) is 88.9 cm³/mol. The van der Waals surface area contributed by atoms with Crippen LogP contribution in [0.1, 0.15) is 45.4 Å². The van der Waals surface area contributed by atoms with Crippen molar-refractivity contribution in [2.45, 2.75) is 51.5 Å². The third kappa shape index (κ3) is 5.39. The van der Waals surface area contributed by atoms with Gasteiger partial charge < -0.3 is 16.0 Å². The fraction of sp³-hybridized carbons (Fsp3) is 0.529. The molecule has 1 aliphatic carbocycles. The van der Waals surface area contributed by atoms with Crippen LogP contribution < -0.4 is 16.0 Å². The SMILES string of the molecule is CCCC(=O)NCC(=O)Nc1cccc(NC2CCCC2)c1. The second kappa shape index (κ2) is 8.41. The summed E-state index contributed by atoms with van der Waals surface area (Å²) < 4.78 is 0. The summed E-state index contributed by atoms with van der Waals surface area (Å²) in [7, 11) is 0. The summed E-state index contributed by atoms with van der Waals surface area (Å²) in [5.74, 6) is -0.295. The molecule has 2 rings (SSSR count). The van der Waals surface area contributed by atoms with Crippen LogP contribution in [0.25, 0.3) is 0 Å². The van der Waals surface area contributed by atoms with E-state index in [1.165, 1.54) is 25.7 Å². The van der Waals surface area contributed by atoms with Crippen LogP contribution in [0.3, 0.4) is 0 Å². The standard InChI is InChI=1S/C17H25N3O2/c1-2-6-16(21)18-12-17(22)20-15-10-5-9-14(11-15)19-13-7-3-4-8-13/h5,9-11,13,19H,2-4,6-8,12H2,1H3,(H,18,21)(H,20,22). The van der Waals surface area contributed by atoms with Crippen LogP contribution in [0.5, 0.6) is 0 Å². The van der Waals surface area contributed by atoms with Gasteiger partial charge in [0.2, 0.25) is 11.8 Å². The molecule has 1 saturated carbocycles. The minimum Gasteiger partial charge on any atom is -0.382 e. The smallest absolute Gasteiger partial charge is 0.243 e. The van der Waals surface area contributed by atoms with E-state index >= 15 is 0 Å². The average molecular weight is 303 g/mol. The van der Waals surface area contributed by atoms with Crippen LogP contribution in [0.4, 0.5) is 11.4 Å². The first-order chi connectivity index (χ1) is 10.7. The van der Waals surface area contributed by atoms with Gasteiger partial charge in [0.1, 0.15) is 0 Å². The third-order valence-electron chi connectivity index (χ3n) is 3.80. The van der Waals surface area contributed by atoms with E-state index in [0.29, 0.717) is 12.5 Å². The van der Waals surface area contributed by atoms with Crippen molar-refractivity contribution in [2.24, 2.45) is 0 Å². The normalized spacial score (nSPS) is 14.6. The molecule has 1 aromatic rings. The zero-order valence-electron chi connectivity index (χ0n) is 13.2. The average Bonchev–Trinajstić information content (AvgIpc) is 2.99. The van der Waals surface area contributed by atoms with Crippen molar-refractivity contribution in [2.75, 3.05) is 17.2 Å². The summed E-state index contributed by atoms with van der Waals surface area (Å²) >= 11 is 0. The number of hydrogen-bond acceptors (Lipinski definition) is 3. The van der Waals surface area contributed by atoms with Crippen molar-refractivity contribution >= 4 is 23.2 Å². The molecule has 5 heteroatoms. The summed E-state index contributed by atoms with van der Waals surface area (Å²) in [4.78, 5) is 23.2. The van der Waals surface area contributed by atoms with Gasteiger partial charge in [0.05, 0.1) is 6.54 Å². The fourth-order valence-electron chi connectivity index (χ4n) is 2.69. The maximum Gasteiger partial charge on any atom is 0.243 e. The molecular weight excluding hydrogens is 278 g/mol. The molecular formula is C17H25N3O2. The molecule has 0 radical (unpaired) electrons. The van der Waals surface area contributed by atoms with Gasteiger partial charge in [-0.2, -0.15) is 0 Å². The predicted octanol–water partition coefficient (Wildman–Crippen LogP) is 2.90. The highest BCUT2D eigenvalue weighted by molar-refractivity contribution is 5.94. The van der Waals surface area contributed by atoms with E-state index in [-0.39, 0.29) is 18.4 Å². The molecule has 0 heterocycles. The Labute approximate surface area is 131 Å². The molecule has 0 bridgehead atoms. The molecule has 1 aromatic carbocycles. The lowest BCUT2D eigenvalue weighted by Gasteiger charge is -2.14. The molecule has 0 atom stereocenters. The van der Waals surface area contributed by atoms with Gasteiger partial charge in [-0.1, -0.05) is 25.8 Å². The highest BCUT2D eigenvalue weighted by Gasteiger charge is 2.14. The number of benzene rings is 1. The first-order valence-corrected chi connectivity index (χ1v) is 8.10. The number of nitrogens with one attached hydrogen (secondary N) is 3. The summed E-state index contributed by atoms with van der Waals surface area (Å²) in [6.07, 6.45) is 6.22. The number of hydrogen-bond donors (Lipinski definition) is 3. The summed E-state index contributed by atoms with van der Waals surface area (Å²) in [5.41, 5.74) is 1.78. The van der Waals surface area contributed by atoms with E-state index in [0.717, 1.165) is 17.8 Å². The number of carbonyl (C=O) groups excluding carboxylic acids is 2. The van der Waals surface area contributed by atoms with Gasteiger partial charge >= 0.3 is 0 Å². The van der Waals surface area contributed by atoms with Crippen molar-refractivity contribution in [3.63, 3.8) is 0 Å². The highest BCUT2D eigenvalue weighted by Crippen LogP contribution is 2.23. The van der Waals surface area contributed by atoms with E-state index in [2.05, 4.69) is 16.0 Å². The molecule has 5 nitrogen and oxygen atoms in total. The molecule has 1 aliphatic rings. The summed E-state index contributed by atoms with van der Waals surface area (Å²) in [6.45, 7) is 1.95. The van der Waals surface area contributed by atoms with Crippen molar-refractivity contribution in [1.29, 1.82) is 0 Å². The maximum atomic E-state index is 11.8. The molecule has 0 unspecified atom stereocenters. The summed E-state index contributed by atoms with van der Waals surface area (Å²) in [6, 6.07) is 8.26. The minimum absolute atomic E-state index is 0.0130. The Kier molecular flexibility index (Phi) is 6.25. The Morgan fingerprint density at radius 3 is 2.59 bits per heavy atom. The lowest BCUT2D eigenvalue weighted by Crippen LogP contribution is -2.32. The van der Waals surface area contributed by atoms with Crippen LogP contribution in [0.15, 0.2) is 24.3 Å². The number of anilines is 2. The topological polar surface area (TPSA) is 70.2 Å². The molecule has 120 valence electrons. The summed E-state index contributed by atoms with van der Waals surface area (Å²) in [5, 5.41) is 8.92. The van der Waals surface area contributed by atoms with Crippen LogP contribution in [-0.2, 0) is 9.59 Å². The van der Waals surface area contributed by atoms with E-state index in [1.54, 1.807) is 0 Å². The van der Waals surface area contributed by atoms with Crippen LogP contribution >= 0.6 is 0 Å². The molecule has 3 N–H and O–H groups in total. The van der Waals surface area contributed by atoms with Crippen molar-refractivity contribution in [1.82, 2.24) is 5.32 Å². The van der Waals surface area contributed by atoms with Crippen molar-refractivity contribution in [3.8, 4) is 0 Å². The Hall–Kier alpha value is -2.04. The lowest BCUT2D eigenvalue weighted by atomic mass is 10.2. The molecule has 0 aliphatic heterocycles. The van der Waals surface area contributed by atoms with Crippen molar-refractivity contribution in [3.05, 3.63) is 24.3 Å². The Bertz CT molecular complexity index is 510. The van der Waals surface area contributed by atoms with Gasteiger partial charge in [-0.15, -0.1) is 0 Å². The number of amides is 2. The largest absolute Gasteiger partial charge is 0.382 e. The van der Waals surface area contributed by atoms with Crippen molar-refractivity contribution < 1.29 is 9.59 Å². The Balaban J connectivity index is 1.81. The van der Waals surface area contributed by atoms with E-state index < -0.39 is 0 Å². The van der Waals surface area contributed by atoms with Gasteiger partial charge in [0.15, 0.2) is 0 Å². The van der Waals surface area contributed by atoms with E-state index in [1.807, 2.05) is 31.2 Å². The third-order valence-corrected chi connectivity index (χ3v) is 3.80. The zero-order chi connectivity index (χ0) is 15.8. The Morgan fingerprint density at radius 1 is 1.14 bits per heavy atom. The molecule has 1 fully saturated rings. The fourth-order valence-corrected chi connectivity index (χ4v) is 2.69. The Morgan fingerprint density at radius 2 is 1.86 bits per heavy atom. The van der Waals surface area contributed by atoms with E-state index in [9.17, 15) is 9.59 Å². The zero-order valence-corrected chi connectivity index (χ0v) is 13.2. The molecule has 0 aromatic heterocycles. The second-order valence-corrected chi connectivity index (χ2v) is 5.78. The number of carbonyl (C=O) groups is 2. The maximum absolute atomic E-state index is 11.8. The van der Waals surface area contributed by atoms with Crippen LogP contribution in [0, 0.1) is 0 Å². The highest BCUT2D eigenvalue weighted by atomic mass is 16.2. The first kappa shape index (κ1) is 16.3. The number of rotatable bonds is 7. The monoisotopic (exact) mass is 303 g/mol. The molecule has 2 amide bonds. The van der Waals surface area contributed by atoms with Crippen LogP contribution in [0.2, 0.25) is 0 Å². The second-order valence-electron chi connectivity index (χ2n) is 5.78. The van der Waals surface area contributed by atoms with Gasteiger partial charge in [-0.25, -0.2) is 0 Å². The van der Waals surface area contributed by atoms with Gasteiger partial charge in [0, 0.05) is 23.8 Å². The van der Waals surface area contributed by atoms with Gasteiger partial charge in [-0.05, 0) is 37.5 Å². The first-order valence-electron chi connectivity index (χ1n) is 8.10. The lowest BCUT2D eigenvalue weighted by molar-refractivity contribution is -0.124. The molecule has 0 spiro atoms. The molecule has 22 heavy (non-hydrogen) atoms. The van der Waals surface area contributed by atoms with Crippen LogP contribution in [-0.4, -0.2) is 24.4 Å².